The van der Waals surface area contributed by atoms with Crippen LogP contribution in [0, 0.1) is 5.82 Å². The third-order valence-corrected chi connectivity index (χ3v) is 3.62. The predicted octanol–water partition coefficient (Wildman–Crippen LogP) is 4.69. The molecule has 0 saturated carbocycles. The van der Waals surface area contributed by atoms with E-state index in [1.165, 1.54) is 6.07 Å². The van der Waals surface area contributed by atoms with Crippen LogP contribution in [0.25, 0.3) is 0 Å². The average Bonchev–Trinajstić information content (AvgIpc) is 2.63. The van der Waals surface area contributed by atoms with E-state index >= 15 is 0 Å². The molecule has 2 N–H and O–H groups in total. The van der Waals surface area contributed by atoms with Crippen molar-refractivity contribution in [3.63, 3.8) is 0 Å². The highest BCUT2D eigenvalue weighted by Gasteiger charge is 2.05. The summed E-state index contributed by atoms with van der Waals surface area (Å²) in [4.78, 5) is 12.1. The highest BCUT2D eigenvalue weighted by molar-refractivity contribution is 6.04. The van der Waals surface area contributed by atoms with Gasteiger partial charge in [0.15, 0.2) is 0 Å². The molecule has 0 fully saturated rings. The Labute approximate surface area is 140 Å². The highest BCUT2D eigenvalue weighted by Crippen LogP contribution is 2.16. The molecule has 0 aliphatic heterocycles. The lowest BCUT2D eigenvalue weighted by Crippen LogP contribution is -2.11. The first-order valence-corrected chi connectivity index (χ1v) is 7.66. The van der Waals surface area contributed by atoms with Gasteiger partial charge in [-0.25, -0.2) is 4.39 Å². The number of carbonyl (C=O) groups is 1. The Kier molecular flexibility index (Phi) is 4.87. The van der Waals surface area contributed by atoms with Crippen molar-refractivity contribution in [1.29, 1.82) is 0 Å². The Morgan fingerprint density at radius 1 is 0.792 bits per heavy atom. The van der Waals surface area contributed by atoms with Gasteiger partial charge in [-0.15, -0.1) is 0 Å². The Balaban J connectivity index is 1.59. The summed E-state index contributed by atoms with van der Waals surface area (Å²) >= 11 is 0. The fourth-order valence-corrected chi connectivity index (χ4v) is 2.30. The number of rotatable bonds is 5. The van der Waals surface area contributed by atoms with Gasteiger partial charge in [0.2, 0.25) is 0 Å². The summed E-state index contributed by atoms with van der Waals surface area (Å²) in [5.74, 6) is -0.376. The molecule has 0 radical (unpaired) electrons. The van der Waals surface area contributed by atoms with Gasteiger partial charge in [-0.3, -0.25) is 4.79 Å². The lowest BCUT2D eigenvalue weighted by molar-refractivity contribution is 0.102. The van der Waals surface area contributed by atoms with E-state index in [9.17, 15) is 9.18 Å². The molecule has 0 saturated heterocycles. The second kappa shape index (κ2) is 7.42. The molecule has 1 amide bonds. The van der Waals surface area contributed by atoms with Crippen LogP contribution in [-0.2, 0) is 6.54 Å². The number of carbonyl (C=O) groups excluding carboxylic acids is 1. The smallest absolute Gasteiger partial charge is 0.255 e. The van der Waals surface area contributed by atoms with E-state index in [1.807, 2.05) is 48.5 Å². The highest BCUT2D eigenvalue weighted by atomic mass is 19.1. The Morgan fingerprint density at radius 3 is 2.12 bits per heavy atom. The van der Waals surface area contributed by atoms with Crippen molar-refractivity contribution in [3.05, 3.63) is 95.8 Å². The number of nitrogens with one attached hydrogen (secondary N) is 2. The van der Waals surface area contributed by atoms with Gasteiger partial charge in [0.05, 0.1) is 0 Å². The van der Waals surface area contributed by atoms with Crippen LogP contribution < -0.4 is 10.6 Å². The summed E-state index contributed by atoms with van der Waals surface area (Å²) in [5.41, 5.74) is 2.79. The van der Waals surface area contributed by atoms with E-state index < -0.39 is 0 Å². The molecule has 3 rings (SSSR count). The molecule has 24 heavy (non-hydrogen) atoms. The number of anilines is 2. The summed E-state index contributed by atoms with van der Waals surface area (Å²) in [6.45, 7) is 0.405. The molecule has 0 aliphatic carbocycles. The number of hydrogen-bond donors (Lipinski definition) is 2. The second-order valence-corrected chi connectivity index (χ2v) is 5.34. The van der Waals surface area contributed by atoms with Crippen LogP contribution in [0.15, 0.2) is 78.9 Å². The van der Waals surface area contributed by atoms with Gasteiger partial charge >= 0.3 is 0 Å². The average molecular weight is 320 g/mol. The Morgan fingerprint density at radius 2 is 1.42 bits per heavy atom. The largest absolute Gasteiger partial charge is 0.381 e. The normalized spacial score (nSPS) is 10.2. The fourth-order valence-electron chi connectivity index (χ4n) is 2.30. The first-order valence-electron chi connectivity index (χ1n) is 7.66. The van der Waals surface area contributed by atoms with Gasteiger partial charge in [0, 0.05) is 29.0 Å². The molecule has 0 heterocycles. The van der Waals surface area contributed by atoms with Gasteiger partial charge < -0.3 is 10.6 Å². The molecular formula is C20H17FN2O. The third kappa shape index (κ3) is 3.98. The van der Waals surface area contributed by atoms with Crippen molar-refractivity contribution >= 4 is 17.3 Å². The van der Waals surface area contributed by atoms with Crippen LogP contribution in [0.5, 0.6) is 0 Å². The zero-order chi connectivity index (χ0) is 16.8. The summed E-state index contributed by atoms with van der Waals surface area (Å²) in [5, 5.41) is 6.00. The maximum Gasteiger partial charge on any atom is 0.255 e. The lowest BCUT2D eigenvalue weighted by atomic mass is 10.2. The standard InChI is InChI=1S/C20H17FN2O/c21-19-9-5-4-8-16(19)14-22-17-10-12-18(13-11-17)23-20(24)15-6-2-1-3-7-15/h1-13,22H,14H2,(H,23,24). The predicted molar refractivity (Wildman–Crippen MR) is 94.6 cm³/mol. The second-order valence-electron chi connectivity index (χ2n) is 5.34. The van der Waals surface area contributed by atoms with Crippen LogP contribution in [0.4, 0.5) is 15.8 Å². The lowest BCUT2D eigenvalue weighted by Gasteiger charge is -2.09. The molecule has 0 aromatic heterocycles. The van der Waals surface area contributed by atoms with Crippen LogP contribution >= 0.6 is 0 Å². The van der Waals surface area contributed by atoms with Gasteiger partial charge in [0.1, 0.15) is 5.82 Å². The number of halogens is 1. The van der Waals surface area contributed by atoms with Crippen LogP contribution in [0.3, 0.4) is 0 Å². The van der Waals surface area contributed by atoms with Gasteiger partial charge in [-0.1, -0.05) is 36.4 Å². The molecule has 3 aromatic carbocycles. The molecule has 0 spiro atoms. The summed E-state index contributed by atoms with van der Waals surface area (Å²) in [6.07, 6.45) is 0. The zero-order valence-electron chi connectivity index (χ0n) is 13.0. The van der Waals surface area contributed by atoms with Crippen molar-refractivity contribution in [2.75, 3.05) is 10.6 Å². The molecule has 0 atom stereocenters. The SMILES string of the molecule is O=C(Nc1ccc(NCc2ccccc2F)cc1)c1ccccc1. The fraction of sp³-hybridized carbons (Fsp3) is 0.0500. The van der Waals surface area contributed by atoms with Crippen molar-refractivity contribution in [2.24, 2.45) is 0 Å². The van der Waals surface area contributed by atoms with Crippen molar-refractivity contribution in [3.8, 4) is 0 Å². The van der Waals surface area contributed by atoms with E-state index in [1.54, 1.807) is 24.3 Å². The van der Waals surface area contributed by atoms with Crippen molar-refractivity contribution < 1.29 is 9.18 Å². The van der Waals surface area contributed by atoms with E-state index in [0.717, 1.165) is 5.69 Å². The van der Waals surface area contributed by atoms with Crippen LogP contribution in [0.1, 0.15) is 15.9 Å². The van der Waals surface area contributed by atoms with Gasteiger partial charge in [-0.05, 0) is 42.5 Å². The summed E-state index contributed by atoms with van der Waals surface area (Å²) < 4.78 is 13.6. The molecule has 3 aromatic rings. The van der Waals surface area contributed by atoms with E-state index in [0.29, 0.717) is 23.4 Å². The van der Waals surface area contributed by atoms with Crippen molar-refractivity contribution in [1.82, 2.24) is 0 Å². The molecule has 120 valence electrons. The number of amides is 1. The molecule has 0 aliphatic rings. The van der Waals surface area contributed by atoms with Crippen molar-refractivity contribution in [2.45, 2.75) is 6.54 Å². The van der Waals surface area contributed by atoms with E-state index in [2.05, 4.69) is 10.6 Å². The van der Waals surface area contributed by atoms with Gasteiger partial charge in [-0.2, -0.15) is 0 Å². The molecule has 4 heteroatoms. The zero-order valence-corrected chi connectivity index (χ0v) is 13.0. The minimum absolute atomic E-state index is 0.150. The summed E-state index contributed by atoms with van der Waals surface area (Å²) in [7, 11) is 0. The molecule has 0 bridgehead atoms. The molecule has 3 nitrogen and oxygen atoms in total. The topological polar surface area (TPSA) is 41.1 Å². The first-order chi connectivity index (χ1) is 11.7. The molecular weight excluding hydrogens is 303 g/mol. The quantitative estimate of drug-likeness (QED) is 0.716. The maximum absolute atomic E-state index is 13.6. The maximum atomic E-state index is 13.6. The molecule has 0 unspecified atom stereocenters. The number of hydrogen-bond acceptors (Lipinski definition) is 2. The van der Waals surface area contributed by atoms with Gasteiger partial charge in [0.25, 0.3) is 5.91 Å². The van der Waals surface area contributed by atoms with E-state index in [-0.39, 0.29) is 11.7 Å². The third-order valence-electron chi connectivity index (χ3n) is 3.62. The Hall–Kier alpha value is -3.14. The van der Waals surface area contributed by atoms with Crippen LogP contribution in [-0.4, -0.2) is 5.91 Å². The number of benzene rings is 3. The van der Waals surface area contributed by atoms with Crippen LogP contribution in [0.2, 0.25) is 0 Å². The minimum atomic E-state index is -0.225. The monoisotopic (exact) mass is 320 g/mol. The Bertz CT molecular complexity index is 817. The first kappa shape index (κ1) is 15.7. The van der Waals surface area contributed by atoms with E-state index in [4.69, 9.17) is 0 Å². The minimum Gasteiger partial charge on any atom is -0.381 e. The summed E-state index contributed by atoms with van der Waals surface area (Å²) in [6, 6.07) is 23.0.